The number of alkyl halides is 3. The molecule has 2 fully saturated rings. The van der Waals surface area contributed by atoms with Crippen LogP contribution in [0.3, 0.4) is 0 Å². The lowest BCUT2D eigenvalue weighted by molar-refractivity contribution is -0.138. The SMILES string of the molecule is CCOCC(=O)N1CCC(CCN2CCN(c3cccc(C(F)(F)F)c3)CC2)CC1. The van der Waals surface area contributed by atoms with E-state index in [-0.39, 0.29) is 12.5 Å². The van der Waals surface area contributed by atoms with Gasteiger partial charge in [-0.05, 0) is 56.8 Å². The highest BCUT2D eigenvalue weighted by Crippen LogP contribution is 2.32. The van der Waals surface area contributed by atoms with Gasteiger partial charge in [-0.25, -0.2) is 0 Å². The van der Waals surface area contributed by atoms with Gasteiger partial charge in [0.1, 0.15) is 6.61 Å². The van der Waals surface area contributed by atoms with E-state index in [2.05, 4.69) is 4.90 Å². The Labute approximate surface area is 176 Å². The summed E-state index contributed by atoms with van der Waals surface area (Å²) in [5, 5.41) is 0. The molecule has 2 aliphatic heterocycles. The Morgan fingerprint density at radius 3 is 2.43 bits per heavy atom. The van der Waals surface area contributed by atoms with Crippen molar-refractivity contribution >= 4 is 11.6 Å². The molecule has 0 unspecified atom stereocenters. The number of benzene rings is 1. The molecular formula is C22H32F3N3O2. The Kier molecular flexibility index (Phi) is 7.99. The van der Waals surface area contributed by atoms with Crippen molar-refractivity contribution in [3.05, 3.63) is 29.8 Å². The number of ether oxygens (including phenoxy) is 1. The highest BCUT2D eigenvalue weighted by molar-refractivity contribution is 5.77. The molecule has 2 saturated heterocycles. The zero-order chi connectivity index (χ0) is 21.6. The second-order valence-electron chi connectivity index (χ2n) is 8.13. The van der Waals surface area contributed by atoms with Crippen LogP contribution in [-0.2, 0) is 15.7 Å². The van der Waals surface area contributed by atoms with Crippen LogP contribution in [0.15, 0.2) is 24.3 Å². The van der Waals surface area contributed by atoms with E-state index >= 15 is 0 Å². The third kappa shape index (κ3) is 6.35. The first-order chi connectivity index (χ1) is 14.4. The number of anilines is 1. The molecule has 5 nitrogen and oxygen atoms in total. The van der Waals surface area contributed by atoms with E-state index < -0.39 is 11.7 Å². The van der Waals surface area contributed by atoms with Gasteiger partial charge < -0.3 is 14.5 Å². The number of rotatable bonds is 7. The monoisotopic (exact) mass is 427 g/mol. The quantitative estimate of drug-likeness (QED) is 0.668. The largest absolute Gasteiger partial charge is 0.416 e. The lowest BCUT2D eigenvalue weighted by atomic mass is 9.93. The second kappa shape index (κ2) is 10.5. The van der Waals surface area contributed by atoms with Gasteiger partial charge in [0.15, 0.2) is 0 Å². The van der Waals surface area contributed by atoms with Crippen molar-refractivity contribution in [3.8, 4) is 0 Å². The van der Waals surface area contributed by atoms with Gasteiger partial charge in [-0.2, -0.15) is 13.2 Å². The van der Waals surface area contributed by atoms with Crippen molar-refractivity contribution in [3.63, 3.8) is 0 Å². The molecule has 2 aliphatic rings. The molecule has 3 rings (SSSR count). The van der Waals surface area contributed by atoms with Crippen molar-refractivity contribution in [2.45, 2.75) is 32.4 Å². The highest BCUT2D eigenvalue weighted by Gasteiger charge is 2.31. The molecule has 1 aromatic rings. The van der Waals surface area contributed by atoms with Crippen LogP contribution >= 0.6 is 0 Å². The number of piperidine rings is 1. The summed E-state index contributed by atoms with van der Waals surface area (Å²) in [6.45, 7) is 8.45. The van der Waals surface area contributed by atoms with Crippen LogP contribution in [0.2, 0.25) is 0 Å². The minimum Gasteiger partial charge on any atom is -0.372 e. The summed E-state index contributed by atoms with van der Waals surface area (Å²) < 4.78 is 44.0. The first-order valence-corrected chi connectivity index (χ1v) is 10.9. The fourth-order valence-electron chi connectivity index (χ4n) is 4.23. The summed E-state index contributed by atoms with van der Waals surface area (Å²) in [7, 11) is 0. The molecule has 168 valence electrons. The number of hydrogen-bond donors (Lipinski definition) is 0. The van der Waals surface area contributed by atoms with E-state index in [1.54, 1.807) is 6.07 Å². The number of nitrogens with zero attached hydrogens (tertiary/aromatic N) is 3. The Hall–Kier alpha value is -1.80. The van der Waals surface area contributed by atoms with Gasteiger partial charge in [0, 0.05) is 51.6 Å². The van der Waals surface area contributed by atoms with Gasteiger partial charge in [-0.1, -0.05) is 6.07 Å². The van der Waals surface area contributed by atoms with Gasteiger partial charge in [0.05, 0.1) is 5.56 Å². The fourth-order valence-corrected chi connectivity index (χ4v) is 4.23. The lowest BCUT2D eigenvalue weighted by Crippen LogP contribution is -2.47. The molecule has 0 atom stereocenters. The molecule has 30 heavy (non-hydrogen) atoms. The van der Waals surface area contributed by atoms with E-state index in [1.165, 1.54) is 12.1 Å². The maximum absolute atomic E-state index is 12.9. The zero-order valence-corrected chi connectivity index (χ0v) is 17.7. The minimum absolute atomic E-state index is 0.0843. The topological polar surface area (TPSA) is 36.0 Å². The van der Waals surface area contributed by atoms with Crippen LogP contribution in [0.1, 0.15) is 31.7 Å². The van der Waals surface area contributed by atoms with Crippen molar-refractivity contribution in [1.29, 1.82) is 0 Å². The van der Waals surface area contributed by atoms with E-state index in [0.717, 1.165) is 71.1 Å². The average Bonchev–Trinajstić information content (AvgIpc) is 2.76. The van der Waals surface area contributed by atoms with E-state index in [9.17, 15) is 18.0 Å². The lowest BCUT2D eigenvalue weighted by Gasteiger charge is -2.38. The normalized spacial score (nSPS) is 19.3. The maximum atomic E-state index is 12.9. The van der Waals surface area contributed by atoms with Crippen molar-refractivity contribution in [1.82, 2.24) is 9.80 Å². The van der Waals surface area contributed by atoms with Crippen LogP contribution in [0.25, 0.3) is 0 Å². The molecule has 0 bridgehead atoms. The number of carbonyl (C=O) groups excluding carboxylic acids is 1. The predicted molar refractivity (Wildman–Crippen MR) is 111 cm³/mol. The first-order valence-electron chi connectivity index (χ1n) is 10.9. The van der Waals surface area contributed by atoms with Crippen LogP contribution < -0.4 is 4.90 Å². The van der Waals surface area contributed by atoms with Crippen LogP contribution in [0.4, 0.5) is 18.9 Å². The molecule has 8 heteroatoms. The average molecular weight is 428 g/mol. The summed E-state index contributed by atoms with van der Waals surface area (Å²) in [6.07, 6.45) is -1.14. The Morgan fingerprint density at radius 2 is 1.80 bits per heavy atom. The van der Waals surface area contributed by atoms with Gasteiger partial charge in [-0.15, -0.1) is 0 Å². The second-order valence-corrected chi connectivity index (χ2v) is 8.13. The number of halogens is 3. The molecule has 0 N–H and O–H groups in total. The van der Waals surface area contributed by atoms with E-state index in [1.807, 2.05) is 16.7 Å². The standard InChI is InChI=1S/C22H32F3N3O2/c1-2-30-17-21(29)28-10-7-18(8-11-28)6-9-26-12-14-27(15-13-26)20-5-3-4-19(16-20)22(23,24)25/h3-5,16,18H,2,6-15,17H2,1H3. The van der Waals surface area contributed by atoms with Crippen molar-refractivity contribution in [2.24, 2.45) is 5.92 Å². The van der Waals surface area contributed by atoms with Gasteiger partial charge in [0.25, 0.3) is 0 Å². The summed E-state index contributed by atoms with van der Waals surface area (Å²) in [5.41, 5.74) is 0.0575. The number of hydrogen-bond acceptors (Lipinski definition) is 4. The van der Waals surface area contributed by atoms with Gasteiger partial charge in [-0.3, -0.25) is 9.69 Å². The highest BCUT2D eigenvalue weighted by atomic mass is 19.4. The summed E-state index contributed by atoms with van der Waals surface area (Å²) in [6, 6.07) is 5.60. The van der Waals surface area contributed by atoms with E-state index in [4.69, 9.17) is 4.74 Å². The first kappa shape index (κ1) is 22.9. The van der Waals surface area contributed by atoms with Crippen LogP contribution in [-0.4, -0.2) is 74.7 Å². The van der Waals surface area contributed by atoms with Crippen LogP contribution in [0, 0.1) is 5.92 Å². The minimum atomic E-state index is -4.30. The summed E-state index contributed by atoms with van der Waals surface area (Å²) in [5.74, 6) is 0.712. The molecule has 0 aromatic heterocycles. The molecule has 1 amide bonds. The summed E-state index contributed by atoms with van der Waals surface area (Å²) in [4.78, 5) is 18.4. The fraction of sp³-hybridized carbons (Fsp3) is 0.682. The predicted octanol–water partition coefficient (Wildman–Crippen LogP) is 3.49. The third-order valence-electron chi connectivity index (χ3n) is 6.16. The van der Waals surface area contributed by atoms with Gasteiger partial charge >= 0.3 is 6.18 Å². The zero-order valence-electron chi connectivity index (χ0n) is 17.7. The molecular weight excluding hydrogens is 395 g/mol. The van der Waals surface area contributed by atoms with Crippen LogP contribution in [0.5, 0.6) is 0 Å². The Morgan fingerprint density at radius 1 is 1.10 bits per heavy atom. The van der Waals surface area contributed by atoms with Crippen molar-refractivity contribution in [2.75, 3.05) is 63.9 Å². The Bertz CT molecular complexity index is 682. The molecule has 0 radical (unpaired) electrons. The number of carbonyl (C=O) groups is 1. The third-order valence-corrected chi connectivity index (χ3v) is 6.16. The molecule has 0 saturated carbocycles. The smallest absolute Gasteiger partial charge is 0.372 e. The van der Waals surface area contributed by atoms with Gasteiger partial charge in [0.2, 0.25) is 5.91 Å². The van der Waals surface area contributed by atoms with E-state index in [0.29, 0.717) is 18.2 Å². The number of amides is 1. The molecule has 0 aliphatic carbocycles. The number of piperazine rings is 1. The Balaban J connectivity index is 1.37. The maximum Gasteiger partial charge on any atom is 0.416 e. The summed E-state index contributed by atoms with van der Waals surface area (Å²) >= 11 is 0. The molecule has 1 aromatic carbocycles. The molecule has 2 heterocycles. The molecule has 0 spiro atoms. The van der Waals surface area contributed by atoms with Crippen molar-refractivity contribution < 1.29 is 22.7 Å². The number of likely N-dealkylation sites (tertiary alicyclic amines) is 1.